The first-order valence-corrected chi connectivity index (χ1v) is 22.1. The number of hydrogen-bond donors (Lipinski definition) is 3. The van der Waals surface area contributed by atoms with Crippen molar-refractivity contribution < 1.29 is 53.9 Å². The third kappa shape index (κ3) is 11.6. The molecule has 0 saturated heterocycles. The minimum atomic E-state index is -0.976. The molecule has 5 unspecified atom stereocenters. The smallest absolute Gasteiger partial charge is 0.310 e. The predicted octanol–water partition coefficient (Wildman–Crippen LogP) is 8.44. The van der Waals surface area contributed by atoms with Crippen molar-refractivity contribution in [3.8, 4) is 0 Å². The summed E-state index contributed by atoms with van der Waals surface area (Å²) in [5, 5.41) is 28.5. The van der Waals surface area contributed by atoms with Crippen LogP contribution < -0.4 is 0 Å². The SMILES string of the molecule is CC(C)(C1CCC(OC2CCC(OOCC3CCCCC3COO)CC2)CC1)C1CCC(OC2CCC(OC(=O)C3CC(O)CCC3C(=O)O)CC2)CC1. The van der Waals surface area contributed by atoms with Gasteiger partial charge in [-0.05, 0) is 164 Å². The molecule has 0 aliphatic heterocycles. The highest BCUT2D eigenvalue weighted by Crippen LogP contribution is 2.49. The Labute approximate surface area is 323 Å². The number of carboxylic acids is 1. The standard InChI is InChI=1S/C43H72O11/c1-43(2,31-9-14-34(15-10-31)52-36-20-22-38(23-21-36)54-50-27-29-6-4-3-5-28(29)26-49-48)30-7-12-33(13-8-30)51-35-16-18-37(19-17-35)53-42(47)40-25-32(44)11-24-39(40)41(45)46/h28-40,44,48H,3-27H2,1-2H3,(H,45,46). The summed E-state index contributed by atoms with van der Waals surface area (Å²) in [6.07, 6.45) is 22.7. The van der Waals surface area contributed by atoms with Crippen molar-refractivity contribution >= 4 is 11.9 Å². The lowest BCUT2D eigenvalue weighted by molar-refractivity contribution is -0.340. The zero-order valence-corrected chi connectivity index (χ0v) is 33.3. The molecule has 0 aromatic heterocycles. The van der Waals surface area contributed by atoms with E-state index in [1.165, 1.54) is 38.5 Å². The molecule has 6 aliphatic carbocycles. The lowest BCUT2D eigenvalue weighted by Gasteiger charge is -2.47. The second kappa shape index (κ2) is 20.4. The van der Waals surface area contributed by atoms with E-state index in [1.807, 2.05) is 0 Å². The molecule has 3 N–H and O–H groups in total. The van der Waals surface area contributed by atoms with Crippen LogP contribution >= 0.6 is 0 Å². The second-order valence-electron chi connectivity index (χ2n) is 18.8. The highest BCUT2D eigenvalue weighted by atomic mass is 17.2. The molecule has 310 valence electrons. The largest absolute Gasteiger partial charge is 0.481 e. The summed E-state index contributed by atoms with van der Waals surface area (Å²) in [6, 6.07) is 0. The third-order valence-corrected chi connectivity index (χ3v) is 15.0. The number of carbonyl (C=O) groups excluding carboxylic acids is 1. The molecule has 0 amide bonds. The van der Waals surface area contributed by atoms with Crippen molar-refractivity contribution in [1.82, 2.24) is 0 Å². The average molecular weight is 765 g/mol. The number of aliphatic hydroxyl groups is 1. The number of carboxylic acid groups (broad SMARTS) is 1. The first-order valence-electron chi connectivity index (χ1n) is 22.1. The fourth-order valence-electron chi connectivity index (χ4n) is 11.3. The summed E-state index contributed by atoms with van der Waals surface area (Å²) < 4.78 is 19.1. The zero-order chi connectivity index (χ0) is 38.1. The van der Waals surface area contributed by atoms with Crippen LogP contribution in [0.25, 0.3) is 0 Å². The van der Waals surface area contributed by atoms with Crippen LogP contribution in [0, 0.1) is 40.9 Å². The maximum Gasteiger partial charge on any atom is 0.310 e. The first-order chi connectivity index (χ1) is 26.1. The van der Waals surface area contributed by atoms with Gasteiger partial charge in [0.2, 0.25) is 0 Å². The molecule has 0 spiro atoms. The van der Waals surface area contributed by atoms with E-state index in [0.29, 0.717) is 67.5 Å². The molecular formula is C43H72O11. The molecule has 6 rings (SSSR count). The molecule has 11 nitrogen and oxygen atoms in total. The molecule has 0 heterocycles. The Bertz CT molecular complexity index is 1130. The molecule has 0 bridgehead atoms. The maximum absolute atomic E-state index is 12.9. The molecule has 11 heteroatoms. The van der Waals surface area contributed by atoms with Gasteiger partial charge in [-0.15, -0.1) is 0 Å². The molecule has 0 radical (unpaired) electrons. The van der Waals surface area contributed by atoms with E-state index >= 15 is 0 Å². The molecule has 6 fully saturated rings. The van der Waals surface area contributed by atoms with Gasteiger partial charge in [0.25, 0.3) is 0 Å². The topological polar surface area (TPSA) is 150 Å². The predicted molar refractivity (Wildman–Crippen MR) is 201 cm³/mol. The van der Waals surface area contributed by atoms with Crippen LogP contribution in [-0.2, 0) is 38.5 Å². The van der Waals surface area contributed by atoms with E-state index in [0.717, 1.165) is 95.8 Å². The van der Waals surface area contributed by atoms with Crippen molar-refractivity contribution in [3.63, 3.8) is 0 Å². The Hall–Kier alpha value is -1.34. The van der Waals surface area contributed by atoms with Gasteiger partial charge in [-0.25, -0.2) is 14.7 Å². The highest BCUT2D eigenvalue weighted by Gasteiger charge is 2.43. The molecule has 6 aliphatic rings. The zero-order valence-electron chi connectivity index (χ0n) is 33.3. The summed E-state index contributed by atoms with van der Waals surface area (Å²) in [5.41, 5.74) is 0.310. The maximum atomic E-state index is 12.9. The highest BCUT2D eigenvalue weighted by molar-refractivity contribution is 5.81. The number of aliphatic carboxylic acids is 1. The lowest BCUT2D eigenvalue weighted by atomic mass is 9.60. The number of esters is 1. The number of rotatable bonds is 15. The summed E-state index contributed by atoms with van der Waals surface area (Å²) in [4.78, 5) is 40.6. The van der Waals surface area contributed by atoms with Crippen LogP contribution in [0.5, 0.6) is 0 Å². The number of aliphatic hydroxyl groups excluding tert-OH is 1. The third-order valence-electron chi connectivity index (χ3n) is 15.0. The van der Waals surface area contributed by atoms with Crippen molar-refractivity contribution in [1.29, 1.82) is 0 Å². The van der Waals surface area contributed by atoms with Crippen LogP contribution in [0.4, 0.5) is 0 Å². The molecule has 0 aromatic carbocycles. The number of carbonyl (C=O) groups is 2. The van der Waals surface area contributed by atoms with Gasteiger partial charge < -0.3 is 24.4 Å². The fourth-order valence-corrected chi connectivity index (χ4v) is 11.3. The van der Waals surface area contributed by atoms with Crippen molar-refractivity contribution in [2.24, 2.45) is 40.9 Å². The van der Waals surface area contributed by atoms with Gasteiger partial charge in [0, 0.05) is 0 Å². The average Bonchev–Trinajstić information content (AvgIpc) is 3.17. The molecule has 0 aromatic rings. The van der Waals surface area contributed by atoms with Crippen LogP contribution in [0.3, 0.4) is 0 Å². The van der Waals surface area contributed by atoms with Crippen LogP contribution in [-0.4, -0.2) is 83.4 Å². The summed E-state index contributed by atoms with van der Waals surface area (Å²) in [6.45, 7) is 5.99. The normalized spacial score (nSPS) is 39.8. The van der Waals surface area contributed by atoms with Gasteiger partial charge in [-0.1, -0.05) is 26.7 Å². The van der Waals surface area contributed by atoms with E-state index in [2.05, 4.69) is 18.7 Å². The van der Waals surface area contributed by atoms with Crippen molar-refractivity contribution in [2.45, 2.75) is 204 Å². The number of hydrogen-bond acceptors (Lipinski definition) is 10. The van der Waals surface area contributed by atoms with E-state index in [9.17, 15) is 19.8 Å². The molecular weight excluding hydrogens is 692 g/mol. The van der Waals surface area contributed by atoms with E-state index < -0.39 is 29.9 Å². The Morgan fingerprint density at radius 1 is 0.574 bits per heavy atom. The Balaban J connectivity index is 0.825. The minimum Gasteiger partial charge on any atom is -0.481 e. The quantitative estimate of drug-likeness (QED) is 0.0838. The van der Waals surface area contributed by atoms with Gasteiger partial charge >= 0.3 is 11.9 Å². The summed E-state index contributed by atoms with van der Waals surface area (Å²) in [5.74, 6) is -0.782. The summed E-state index contributed by atoms with van der Waals surface area (Å²) >= 11 is 0. The lowest BCUT2D eigenvalue weighted by Crippen LogP contribution is -2.41. The molecule has 5 atom stereocenters. The van der Waals surface area contributed by atoms with E-state index in [1.54, 1.807) is 0 Å². The van der Waals surface area contributed by atoms with Gasteiger partial charge in [-0.2, -0.15) is 0 Å². The molecule has 6 saturated carbocycles. The van der Waals surface area contributed by atoms with Gasteiger partial charge in [-0.3, -0.25) is 14.8 Å². The fraction of sp³-hybridized carbons (Fsp3) is 0.953. The van der Waals surface area contributed by atoms with Gasteiger partial charge in [0.1, 0.15) is 6.10 Å². The minimum absolute atomic E-state index is 0.143. The van der Waals surface area contributed by atoms with E-state index in [-0.39, 0.29) is 24.7 Å². The first kappa shape index (κ1) is 42.3. The Morgan fingerprint density at radius 3 is 1.54 bits per heavy atom. The Morgan fingerprint density at radius 2 is 1.04 bits per heavy atom. The number of ether oxygens (including phenoxy) is 3. The van der Waals surface area contributed by atoms with Crippen molar-refractivity contribution in [2.75, 3.05) is 13.2 Å². The van der Waals surface area contributed by atoms with Gasteiger partial charge in [0.05, 0.1) is 61.7 Å². The monoisotopic (exact) mass is 765 g/mol. The second-order valence-corrected chi connectivity index (χ2v) is 18.8. The van der Waals surface area contributed by atoms with Crippen LogP contribution in [0.1, 0.15) is 162 Å². The van der Waals surface area contributed by atoms with Crippen LogP contribution in [0.15, 0.2) is 0 Å². The summed E-state index contributed by atoms with van der Waals surface area (Å²) in [7, 11) is 0. The van der Waals surface area contributed by atoms with E-state index in [4.69, 9.17) is 29.2 Å². The van der Waals surface area contributed by atoms with Gasteiger partial charge in [0.15, 0.2) is 0 Å². The van der Waals surface area contributed by atoms with Crippen LogP contribution in [0.2, 0.25) is 0 Å². The molecule has 54 heavy (non-hydrogen) atoms. The van der Waals surface area contributed by atoms with Crippen molar-refractivity contribution in [3.05, 3.63) is 0 Å². The Kier molecular flexibility index (Phi) is 16.0.